The zero-order valence-electron chi connectivity index (χ0n) is 7.96. The van der Waals surface area contributed by atoms with Crippen LogP contribution >= 0.6 is 34.2 Å². The number of H-pyrrole nitrogens is 1. The van der Waals surface area contributed by atoms with Crippen LogP contribution in [0.15, 0.2) is 11.1 Å². The summed E-state index contributed by atoms with van der Waals surface area (Å²) < 4.78 is 0.608. The second-order valence-corrected chi connectivity index (χ2v) is 5.41. The molecular formula is C9H11ClIN3O. The molecule has 1 aromatic rings. The normalized spacial score (nSPS) is 24.7. The molecule has 6 heteroatoms. The maximum Gasteiger partial charge on any atom is 0.266 e. The van der Waals surface area contributed by atoms with Gasteiger partial charge in [0, 0.05) is 11.9 Å². The summed E-state index contributed by atoms with van der Waals surface area (Å²) in [4.78, 5) is 17.9. The zero-order chi connectivity index (χ0) is 10.8. The first-order chi connectivity index (χ1) is 7.16. The third kappa shape index (κ3) is 2.63. The Morgan fingerprint density at radius 1 is 1.67 bits per heavy atom. The third-order valence-corrected chi connectivity index (χ3v) is 3.89. The van der Waals surface area contributed by atoms with Crippen molar-refractivity contribution in [1.82, 2.24) is 9.97 Å². The van der Waals surface area contributed by atoms with Crippen molar-refractivity contribution in [2.75, 3.05) is 11.9 Å². The number of rotatable bonds is 3. The van der Waals surface area contributed by atoms with Crippen LogP contribution in [0.25, 0.3) is 0 Å². The Morgan fingerprint density at radius 2 is 2.40 bits per heavy atom. The minimum absolute atomic E-state index is 0.100. The topological polar surface area (TPSA) is 57.8 Å². The fraction of sp³-hybridized carbons (Fsp3) is 0.556. The van der Waals surface area contributed by atoms with Crippen LogP contribution in [-0.4, -0.2) is 21.9 Å². The Bertz CT molecular complexity index is 403. The summed E-state index contributed by atoms with van der Waals surface area (Å²) in [6, 6.07) is 0. The highest BCUT2D eigenvalue weighted by Crippen LogP contribution is 2.31. The number of nitrogens with one attached hydrogen (secondary N) is 2. The molecule has 0 radical (unpaired) electrons. The lowest BCUT2D eigenvalue weighted by Gasteiger charge is -2.31. The zero-order valence-corrected chi connectivity index (χ0v) is 10.9. The molecule has 1 saturated carbocycles. The van der Waals surface area contributed by atoms with Crippen LogP contribution < -0.4 is 10.9 Å². The van der Waals surface area contributed by atoms with Crippen molar-refractivity contribution < 1.29 is 0 Å². The van der Waals surface area contributed by atoms with Crippen molar-refractivity contribution in [2.24, 2.45) is 5.92 Å². The minimum atomic E-state index is -0.100. The Balaban J connectivity index is 1.93. The summed E-state index contributed by atoms with van der Waals surface area (Å²) in [5.41, 5.74) is -0.100. The van der Waals surface area contributed by atoms with Gasteiger partial charge in [-0.1, -0.05) is 0 Å². The van der Waals surface area contributed by atoms with Crippen LogP contribution in [0, 0.1) is 9.49 Å². The second-order valence-electron chi connectivity index (χ2n) is 3.71. The summed E-state index contributed by atoms with van der Waals surface area (Å²) in [6.07, 6.45) is 3.51. The summed E-state index contributed by atoms with van der Waals surface area (Å²) in [5.74, 6) is 1.28. The van der Waals surface area contributed by atoms with E-state index in [1.165, 1.54) is 6.33 Å². The maximum absolute atomic E-state index is 11.3. The Morgan fingerprint density at radius 3 is 3.07 bits per heavy atom. The van der Waals surface area contributed by atoms with E-state index in [9.17, 15) is 4.79 Å². The molecule has 2 rings (SSSR count). The maximum atomic E-state index is 11.3. The lowest BCUT2D eigenvalue weighted by atomic mass is 9.85. The van der Waals surface area contributed by atoms with Crippen molar-refractivity contribution in [2.45, 2.75) is 18.2 Å². The highest BCUT2D eigenvalue weighted by molar-refractivity contribution is 14.1. The molecule has 0 aliphatic heterocycles. The van der Waals surface area contributed by atoms with Crippen LogP contribution in [0.5, 0.6) is 0 Å². The lowest BCUT2D eigenvalue weighted by Crippen LogP contribution is -2.30. The van der Waals surface area contributed by atoms with Crippen molar-refractivity contribution in [3.63, 3.8) is 0 Å². The van der Waals surface area contributed by atoms with Gasteiger partial charge in [-0.05, 0) is 41.4 Å². The quantitative estimate of drug-likeness (QED) is 0.652. The first-order valence-corrected chi connectivity index (χ1v) is 6.29. The standard InChI is InChI=1S/C9H11ClIN3O/c10-6-1-5(2-6)3-12-8-7(11)9(15)14-4-13-8/h4-6H,1-3H2,(H2,12,13,14,15). The van der Waals surface area contributed by atoms with Gasteiger partial charge in [-0.15, -0.1) is 11.6 Å². The van der Waals surface area contributed by atoms with Crippen molar-refractivity contribution in [3.8, 4) is 0 Å². The van der Waals surface area contributed by atoms with E-state index in [0.717, 1.165) is 19.4 Å². The Hall–Kier alpha value is -0.300. The first-order valence-electron chi connectivity index (χ1n) is 4.78. The van der Waals surface area contributed by atoms with Gasteiger partial charge in [0.2, 0.25) is 0 Å². The molecule has 82 valence electrons. The molecule has 0 aromatic carbocycles. The highest BCUT2D eigenvalue weighted by Gasteiger charge is 2.26. The molecule has 1 heterocycles. The van der Waals surface area contributed by atoms with E-state index in [2.05, 4.69) is 15.3 Å². The van der Waals surface area contributed by atoms with Gasteiger partial charge in [-0.2, -0.15) is 0 Å². The average molecular weight is 340 g/mol. The SMILES string of the molecule is O=c1[nH]cnc(NCC2CC(Cl)C2)c1I. The number of aromatic amines is 1. The largest absolute Gasteiger partial charge is 0.369 e. The molecule has 0 atom stereocenters. The Labute approximate surface area is 106 Å². The van der Waals surface area contributed by atoms with Gasteiger partial charge in [0.1, 0.15) is 9.39 Å². The molecule has 15 heavy (non-hydrogen) atoms. The molecule has 1 aliphatic carbocycles. The number of halogens is 2. The predicted molar refractivity (Wildman–Crippen MR) is 68.4 cm³/mol. The summed E-state index contributed by atoms with van der Waals surface area (Å²) in [5, 5.41) is 3.52. The average Bonchev–Trinajstić information content (AvgIpc) is 2.17. The summed E-state index contributed by atoms with van der Waals surface area (Å²) >= 11 is 7.87. The van der Waals surface area contributed by atoms with E-state index in [4.69, 9.17) is 11.6 Å². The van der Waals surface area contributed by atoms with Crippen LogP contribution in [0.4, 0.5) is 5.82 Å². The highest BCUT2D eigenvalue weighted by atomic mass is 127. The molecule has 1 aliphatic rings. The second kappa shape index (κ2) is 4.69. The van der Waals surface area contributed by atoms with E-state index >= 15 is 0 Å². The molecule has 4 nitrogen and oxygen atoms in total. The van der Waals surface area contributed by atoms with Gasteiger partial charge in [0.25, 0.3) is 5.56 Å². The third-order valence-electron chi connectivity index (χ3n) is 2.53. The summed E-state index contributed by atoms with van der Waals surface area (Å²) in [6.45, 7) is 0.843. The number of nitrogens with zero attached hydrogens (tertiary/aromatic N) is 1. The number of hydrogen-bond acceptors (Lipinski definition) is 3. The number of hydrogen-bond donors (Lipinski definition) is 2. The van der Waals surface area contributed by atoms with Crippen molar-refractivity contribution in [3.05, 3.63) is 20.3 Å². The van der Waals surface area contributed by atoms with Gasteiger partial charge in [0.05, 0.1) is 6.33 Å². The number of aromatic nitrogens is 2. The molecule has 0 unspecified atom stereocenters. The van der Waals surface area contributed by atoms with E-state index < -0.39 is 0 Å². The van der Waals surface area contributed by atoms with Gasteiger partial charge in [-0.3, -0.25) is 4.79 Å². The van der Waals surface area contributed by atoms with E-state index in [1.54, 1.807) is 0 Å². The Kier molecular flexibility index (Phi) is 3.50. The lowest BCUT2D eigenvalue weighted by molar-refractivity contribution is 0.341. The first kappa shape index (κ1) is 11.2. The number of alkyl halides is 1. The molecule has 1 fully saturated rings. The fourth-order valence-electron chi connectivity index (χ4n) is 1.57. The van der Waals surface area contributed by atoms with Crippen LogP contribution in [0.1, 0.15) is 12.8 Å². The molecule has 0 bridgehead atoms. The van der Waals surface area contributed by atoms with E-state index in [-0.39, 0.29) is 5.56 Å². The van der Waals surface area contributed by atoms with Crippen LogP contribution in [-0.2, 0) is 0 Å². The van der Waals surface area contributed by atoms with Gasteiger partial charge >= 0.3 is 0 Å². The smallest absolute Gasteiger partial charge is 0.266 e. The predicted octanol–water partition coefficient (Wildman–Crippen LogP) is 1.80. The van der Waals surface area contributed by atoms with Crippen molar-refractivity contribution in [1.29, 1.82) is 0 Å². The van der Waals surface area contributed by atoms with Crippen molar-refractivity contribution >= 4 is 40.0 Å². The molecular weight excluding hydrogens is 328 g/mol. The molecule has 2 N–H and O–H groups in total. The molecule has 1 aromatic heterocycles. The molecule has 0 amide bonds. The van der Waals surface area contributed by atoms with E-state index in [0.29, 0.717) is 20.7 Å². The molecule has 0 saturated heterocycles. The van der Waals surface area contributed by atoms with Crippen LogP contribution in [0.3, 0.4) is 0 Å². The van der Waals surface area contributed by atoms with E-state index in [1.807, 2.05) is 22.6 Å². The van der Waals surface area contributed by atoms with Gasteiger partial charge < -0.3 is 10.3 Å². The van der Waals surface area contributed by atoms with Crippen LogP contribution in [0.2, 0.25) is 0 Å². The summed E-state index contributed by atoms with van der Waals surface area (Å²) in [7, 11) is 0. The van der Waals surface area contributed by atoms with Gasteiger partial charge in [0.15, 0.2) is 0 Å². The monoisotopic (exact) mass is 339 g/mol. The number of anilines is 1. The minimum Gasteiger partial charge on any atom is -0.369 e. The fourth-order valence-corrected chi connectivity index (χ4v) is 2.56. The molecule has 0 spiro atoms. The van der Waals surface area contributed by atoms with Gasteiger partial charge in [-0.25, -0.2) is 4.98 Å².